The van der Waals surface area contributed by atoms with E-state index in [4.69, 9.17) is 9.26 Å². The molecule has 6 nitrogen and oxygen atoms in total. The van der Waals surface area contributed by atoms with Crippen molar-refractivity contribution in [1.82, 2.24) is 15.0 Å². The molecule has 3 heterocycles. The van der Waals surface area contributed by atoms with Gasteiger partial charge in [0.1, 0.15) is 5.75 Å². The van der Waals surface area contributed by atoms with E-state index < -0.39 is 6.10 Å². The van der Waals surface area contributed by atoms with Crippen molar-refractivity contribution in [2.45, 2.75) is 43.2 Å². The van der Waals surface area contributed by atoms with Gasteiger partial charge in [0.25, 0.3) is 5.91 Å². The fraction of sp³-hybridized carbons (Fsp3) is 0.471. The number of hydrogen-bond donors (Lipinski definition) is 0. The summed E-state index contributed by atoms with van der Waals surface area (Å²) in [5.74, 6) is 2.66. The number of ether oxygens (including phenoxy) is 1. The van der Waals surface area contributed by atoms with Crippen LogP contribution in [0, 0.1) is 0 Å². The van der Waals surface area contributed by atoms with Gasteiger partial charge in [-0.1, -0.05) is 24.2 Å². The van der Waals surface area contributed by atoms with Crippen LogP contribution < -0.4 is 4.74 Å². The maximum absolute atomic E-state index is 13.0. The van der Waals surface area contributed by atoms with Crippen LogP contribution in [0.4, 0.5) is 0 Å². The van der Waals surface area contributed by atoms with E-state index >= 15 is 0 Å². The number of thioether (sulfide) groups is 1. The molecule has 0 spiro atoms. The Hall–Kier alpha value is -2.02. The Labute approximate surface area is 144 Å². The molecule has 1 aromatic heterocycles. The summed E-state index contributed by atoms with van der Waals surface area (Å²) in [7, 11) is 0. The Morgan fingerprint density at radius 3 is 3.12 bits per heavy atom. The molecule has 7 heteroatoms. The van der Waals surface area contributed by atoms with Gasteiger partial charge < -0.3 is 14.2 Å². The number of nitrogens with zero attached hydrogens (tertiary/aromatic N) is 3. The molecule has 0 saturated carbocycles. The number of carbonyl (C=O) groups is 1. The highest BCUT2D eigenvalue weighted by Crippen LogP contribution is 2.37. The van der Waals surface area contributed by atoms with Gasteiger partial charge in [-0.05, 0) is 25.0 Å². The fourth-order valence-electron chi connectivity index (χ4n) is 3.17. The van der Waals surface area contributed by atoms with E-state index in [0.29, 0.717) is 30.4 Å². The first kappa shape index (κ1) is 15.5. The number of likely N-dealkylation sites (tertiary alicyclic amines) is 1. The molecule has 2 aliphatic heterocycles. The van der Waals surface area contributed by atoms with E-state index in [-0.39, 0.29) is 11.9 Å². The van der Waals surface area contributed by atoms with Crippen LogP contribution in [0.2, 0.25) is 0 Å². The summed E-state index contributed by atoms with van der Waals surface area (Å²) in [4.78, 5) is 20.3. The molecule has 0 bridgehead atoms. The molecule has 1 amide bonds. The standard InChI is InChI=1S/C17H19N3O3S/c1-2-15-18-16(19-23-15)11-6-5-9-20(11)17(21)13-10-24-14-8-4-3-7-12(14)22-13/h3-4,7-8,11,13H,2,5-6,9-10H2,1H3/t11-,13-/m0/s1. The van der Waals surface area contributed by atoms with Crippen LogP contribution in [0.25, 0.3) is 0 Å². The van der Waals surface area contributed by atoms with Crippen molar-refractivity contribution < 1.29 is 14.1 Å². The third kappa shape index (κ3) is 2.77. The van der Waals surface area contributed by atoms with Crippen LogP contribution in [0.3, 0.4) is 0 Å². The lowest BCUT2D eigenvalue weighted by atomic mass is 10.2. The van der Waals surface area contributed by atoms with Gasteiger partial charge in [0.15, 0.2) is 11.9 Å². The predicted octanol–water partition coefficient (Wildman–Crippen LogP) is 2.85. The SMILES string of the molecule is CCc1nc([C@@H]2CCCN2C(=O)[C@@H]2CSc3ccccc3O2)no1. The molecule has 0 aliphatic carbocycles. The molecule has 1 fully saturated rings. The number of para-hydroxylation sites is 1. The zero-order valence-electron chi connectivity index (χ0n) is 13.5. The van der Waals surface area contributed by atoms with E-state index in [9.17, 15) is 4.79 Å². The van der Waals surface area contributed by atoms with Gasteiger partial charge in [0, 0.05) is 23.6 Å². The molecule has 2 aliphatic rings. The molecule has 0 N–H and O–H groups in total. The maximum Gasteiger partial charge on any atom is 0.265 e. The van der Waals surface area contributed by atoms with Crippen LogP contribution in [-0.2, 0) is 11.2 Å². The van der Waals surface area contributed by atoms with Crippen molar-refractivity contribution in [3.05, 3.63) is 36.0 Å². The largest absolute Gasteiger partial charge is 0.479 e. The second-order valence-electron chi connectivity index (χ2n) is 5.95. The highest BCUT2D eigenvalue weighted by Gasteiger charge is 2.38. The number of fused-ring (bicyclic) bond motifs is 1. The van der Waals surface area contributed by atoms with Gasteiger partial charge in [-0.3, -0.25) is 4.79 Å². The summed E-state index contributed by atoms with van der Waals surface area (Å²) in [6, 6.07) is 7.74. The van der Waals surface area contributed by atoms with E-state index in [1.807, 2.05) is 36.1 Å². The van der Waals surface area contributed by atoms with Gasteiger partial charge in [0.05, 0.1) is 6.04 Å². The Balaban J connectivity index is 1.51. The Morgan fingerprint density at radius 1 is 1.42 bits per heavy atom. The monoisotopic (exact) mass is 345 g/mol. The smallest absolute Gasteiger partial charge is 0.265 e. The topological polar surface area (TPSA) is 68.5 Å². The number of aryl methyl sites for hydroxylation is 1. The molecule has 2 aromatic rings. The van der Waals surface area contributed by atoms with Gasteiger partial charge in [-0.25, -0.2) is 0 Å². The average Bonchev–Trinajstić information content (AvgIpc) is 3.29. The van der Waals surface area contributed by atoms with Crippen LogP contribution in [0.5, 0.6) is 5.75 Å². The molecule has 0 radical (unpaired) electrons. The van der Waals surface area contributed by atoms with Gasteiger partial charge in [0.2, 0.25) is 5.89 Å². The number of carbonyl (C=O) groups excluding carboxylic acids is 1. The minimum absolute atomic E-state index is 0.0161. The van der Waals surface area contributed by atoms with Gasteiger partial charge >= 0.3 is 0 Å². The quantitative estimate of drug-likeness (QED) is 0.852. The van der Waals surface area contributed by atoms with Gasteiger partial charge in [-0.2, -0.15) is 4.98 Å². The minimum atomic E-state index is -0.456. The summed E-state index contributed by atoms with van der Waals surface area (Å²) in [6.45, 7) is 2.69. The Bertz CT molecular complexity index is 748. The zero-order valence-corrected chi connectivity index (χ0v) is 14.3. The molecule has 2 atom stereocenters. The Kier molecular flexibility index (Phi) is 4.18. The summed E-state index contributed by atoms with van der Waals surface area (Å²) in [6.07, 6.45) is 2.06. The maximum atomic E-state index is 13.0. The lowest BCUT2D eigenvalue weighted by Gasteiger charge is -2.30. The first-order valence-corrected chi connectivity index (χ1v) is 9.26. The predicted molar refractivity (Wildman–Crippen MR) is 88.9 cm³/mol. The van der Waals surface area contributed by atoms with Crippen LogP contribution in [-0.4, -0.2) is 39.3 Å². The van der Waals surface area contributed by atoms with E-state index in [1.54, 1.807) is 11.8 Å². The first-order chi connectivity index (χ1) is 11.8. The van der Waals surface area contributed by atoms with Crippen LogP contribution in [0.15, 0.2) is 33.7 Å². The van der Waals surface area contributed by atoms with Crippen LogP contribution in [0.1, 0.15) is 37.5 Å². The van der Waals surface area contributed by atoms with Crippen molar-refractivity contribution in [2.75, 3.05) is 12.3 Å². The summed E-state index contributed by atoms with van der Waals surface area (Å²) in [5.41, 5.74) is 0. The molecule has 4 rings (SSSR count). The van der Waals surface area contributed by atoms with Crippen molar-refractivity contribution in [3.8, 4) is 5.75 Å². The molecule has 1 aromatic carbocycles. The van der Waals surface area contributed by atoms with Crippen molar-refractivity contribution in [1.29, 1.82) is 0 Å². The molecule has 24 heavy (non-hydrogen) atoms. The highest BCUT2D eigenvalue weighted by molar-refractivity contribution is 7.99. The van der Waals surface area contributed by atoms with Gasteiger partial charge in [-0.15, -0.1) is 11.8 Å². The molecule has 1 saturated heterocycles. The molecule has 0 unspecified atom stereocenters. The minimum Gasteiger partial charge on any atom is -0.479 e. The zero-order chi connectivity index (χ0) is 16.5. The average molecular weight is 345 g/mol. The molecular formula is C17H19N3O3S. The number of hydrogen-bond acceptors (Lipinski definition) is 6. The summed E-state index contributed by atoms with van der Waals surface area (Å²) < 4.78 is 11.2. The number of aromatic nitrogens is 2. The first-order valence-electron chi connectivity index (χ1n) is 8.27. The second kappa shape index (κ2) is 6.47. The summed E-state index contributed by atoms with van der Waals surface area (Å²) >= 11 is 1.67. The van der Waals surface area contributed by atoms with E-state index in [1.165, 1.54) is 0 Å². The third-order valence-electron chi connectivity index (χ3n) is 4.40. The van der Waals surface area contributed by atoms with E-state index in [2.05, 4.69) is 10.1 Å². The number of rotatable bonds is 3. The Morgan fingerprint density at radius 2 is 2.29 bits per heavy atom. The number of amides is 1. The molecule has 126 valence electrons. The normalized spacial score (nSPS) is 23.0. The molecular weight excluding hydrogens is 326 g/mol. The highest BCUT2D eigenvalue weighted by atomic mass is 32.2. The number of benzene rings is 1. The lowest BCUT2D eigenvalue weighted by molar-refractivity contribution is -0.139. The fourth-order valence-corrected chi connectivity index (χ4v) is 4.15. The van der Waals surface area contributed by atoms with Crippen molar-refractivity contribution in [2.24, 2.45) is 0 Å². The van der Waals surface area contributed by atoms with Crippen LogP contribution >= 0.6 is 11.8 Å². The van der Waals surface area contributed by atoms with E-state index in [0.717, 1.165) is 23.5 Å². The lowest BCUT2D eigenvalue weighted by Crippen LogP contribution is -2.44. The van der Waals surface area contributed by atoms with Crippen molar-refractivity contribution >= 4 is 17.7 Å². The summed E-state index contributed by atoms with van der Waals surface area (Å²) in [5, 5.41) is 4.06. The van der Waals surface area contributed by atoms with Crippen molar-refractivity contribution in [3.63, 3.8) is 0 Å². The third-order valence-corrected chi connectivity index (χ3v) is 5.52. The second-order valence-corrected chi connectivity index (χ2v) is 7.02.